The molecule has 0 heterocycles. The molecule has 0 unspecified atom stereocenters. The van der Waals surface area contributed by atoms with Crippen molar-refractivity contribution in [2.24, 2.45) is 0 Å². The second-order valence-corrected chi connectivity index (χ2v) is 5.67. The van der Waals surface area contributed by atoms with Crippen molar-refractivity contribution in [1.82, 2.24) is 5.32 Å². The highest BCUT2D eigenvalue weighted by atomic mass is 79.9. The fourth-order valence-corrected chi connectivity index (χ4v) is 1.79. The van der Waals surface area contributed by atoms with Crippen LogP contribution in [-0.4, -0.2) is 12.1 Å². The van der Waals surface area contributed by atoms with E-state index in [1.54, 1.807) is 0 Å². The number of hydrogen-bond donors (Lipinski definition) is 1. The molecule has 0 saturated carbocycles. The average Bonchev–Trinajstić information content (AvgIpc) is 2.24. The Morgan fingerprint density at radius 1 is 1.41 bits per heavy atom. The van der Waals surface area contributed by atoms with E-state index < -0.39 is 0 Å². The lowest BCUT2D eigenvalue weighted by atomic mass is 10.1. The fourth-order valence-electron chi connectivity index (χ4n) is 1.25. The van der Waals surface area contributed by atoms with Gasteiger partial charge in [0.2, 0.25) is 0 Å². The molecule has 0 radical (unpaired) electrons. The number of ether oxygens (including phenoxy) is 1. The topological polar surface area (TPSA) is 45.0 Å². The van der Waals surface area contributed by atoms with Crippen molar-refractivity contribution in [2.45, 2.75) is 32.9 Å². The quantitative estimate of drug-likeness (QED) is 0.928. The van der Waals surface area contributed by atoms with Crippen LogP contribution in [0.15, 0.2) is 22.7 Å². The molecule has 1 aromatic carbocycles. The first-order valence-electron chi connectivity index (χ1n) is 5.45. The van der Waals surface area contributed by atoms with Crippen molar-refractivity contribution in [2.75, 3.05) is 6.61 Å². The maximum atomic E-state index is 8.45. The first-order valence-corrected chi connectivity index (χ1v) is 6.25. The van der Waals surface area contributed by atoms with E-state index in [-0.39, 0.29) is 12.1 Å². The predicted molar refractivity (Wildman–Crippen MR) is 71.8 cm³/mol. The van der Waals surface area contributed by atoms with Crippen molar-refractivity contribution < 1.29 is 4.74 Å². The van der Waals surface area contributed by atoms with Crippen LogP contribution in [0.5, 0.6) is 5.75 Å². The van der Waals surface area contributed by atoms with Crippen LogP contribution in [0.3, 0.4) is 0 Å². The van der Waals surface area contributed by atoms with Gasteiger partial charge in [0.1, 0.15) is 11.8 Å². The lowest BCUT2D eigenvalue weighted by Gasteiger charge is -2.20. The summed E-state index contributed by atoms with van der Waals surface area (Å²) in [4.78, 5) is 0. The number of nitrogens with zero attached hydrogens (tertiary/aromatic N) is 1. The van der Waals surface area contributed by atoms with Gasteiger partial charge in [0.15, 0.2) is 6.61 Å². The average molecular weight is 297 g/mol. The van der Waals surface area contributed by atoms with Gasteiger partial charge in [-0.2, -0.15) is 5.26 Å². The zero-order valence-corrected chi connectivity index (χ0v) is 12.0. The summed E-state index contributed by atoms with van der Waals surface area (Å²) in [6, 6.07) is 7.83. The maximum absolute atomic E-state index is 8.45. The van der Waals surface area contributed by atoms with Crippen LogP contribution in [0, 0.1) is 11.3 Å². The summed E-state index contributed by atoms with van der Waals surface area (Å²) in [6.07, 6.45) is 0. The smallest absolute Gasteiger partial charge is 0.174 e. The van der Waals surface area contributed by atoms with Gasteiger partial charge >= 0.3 is 0 Å². The summed E-state index contributed by atoms with van der Waals surface area (Å²) in [5.41, 5.74) is 1.28. The molecule has 0 aliphatic rings. The Morgan fingerprint density at radius 3 is 2.65 bits per heavy atom. The second kappa shape index (κ2) is 6.04. The lowest BCUT2D eigenvalue weighted by molar-refractivity contribution is 0.365. The Labute approximate surface area is 111 Å². The summed E-state index contributed by atoms with van der Waals surface area (Å²) in [5.74, 6) is 0.700. The third-order valence-corrected chi connectivity index (χ3v) is 2.73. The molecule has 0 atom stereocenters. The molecular formula is C13H17BrN2O. The molecule has 0 bridgehead atoms. The highest BCUT2D eigenvalue weighted by Crippen LogP contribution is 2.26. The Bertz CT molecular complexity index is 418. The molecule has 1 N–H and O–H groups in total. The summed E-state index contributed by atoms with van der Waals surface area (Å²) in [6.45, 7) is 7.27. The van der Waals surface area contributed by atoms with Gasteiger partial charge in [0.05, 0.1) is 4.47 Å². The Hall–Kier alpha value is -1.05. The van der Waals surface area contributed by atoms with Crippen LogP contribution in [0.4, 0.5) is 0 Å². The van der Waals surface area contributed by atoms with E-state index >= 15 is 0 Å². The molecule has 4 heteroatoms. The Morgan fingerprint density at radius 2 is 2.12 bits per heavy atom. The van der Waals surface area contributed by atoms with E-state index in [4.69, 9.17) is 10.00 Å². The summed E-state index contributed by atoms with van der Waals surface area (Å²) >= 11 is 3.44. The number of nitrogens with one attached hydrogen (secondary N) is 1. The van der Waals surface area contributed by atoms with Crippen molar-refractivity contribution in [3.05, 3.63) is 28.2 Å². The zero-order valence-electron chi connectivity index (χ0n) is 10.4. The van der Waals surface area contributed by atoms with E-state index in [0.717, 1.165) is 11.0 Å². The van der Waals surface area contributed by atoms with E-state index in [9.17, 15) is 0 Å². The van der Waals surface area contributed by atoms with Crippen LogP contribution >= 0.6 is 15.9 Å². The summed E-state index contributed by atoms with van der Waals surface area (Å²) < 4.78 is 6.13. The van der Waals surface area contributed by atoms with Crippen LogP contribution in [0.1, 0.15) is 26.3 Å². The minimum absolute atomic E-state index is 0.0676. The van der Waals surface area contributed by atoms with Crippen LogP contribution in [-0.2, 0) is 6.54 Å². The number of halogens is 1. The largest absolute Gasteiger partial charge is 0.478 e. The van der Waals surface area contributed by atoms with Crippen LogP contribution in [0.2, 0.25) is 0 Å². The van der Waals surface area contributed by atoms with Gasteiger partial charge in [-0.25, -0.2) is 0 Å². The van der Waals surface area contributed by atoms with Gasteiger partial charge in [0.25, 0.3) is 0 Å². The van der Waals surface area contributed by atoms with Gasteiger partial charge in [-0.05, 0) is 54.4 Å². The highest BCUT2D eigenvalue weighted by Gasteiger charge is 2.09. The van der Waals surface area contributed by atoms with Crippen molar-refractivity contribution >= 4 is 15.9 Å². The van der Waals surface area contributed by atoms with E-state index in [1.165, 1.54) is 5.56 Å². The SMILES string of the molecule is CC(C)(C)NCc1ccc(OCC#N)c(Br)c1. The molecule has 3 nitrogen and oxygen atoms in total. The molecule has 0 aliphatic heterocycles. The summed E-state index contributed by atoms with van der Waals surface area (Å²) in [7, 11) is 0. The van der Waals surface area contributed by atoms with Crippen LogP contribution in [0.25, 0.3) is 0 Å². The van der Waals surface area contributed by atoms with Crippen molar-refractivity contribution in [3.63, 3.8) is 0 Å². The van der Waals surface area contributed by atoms with Gasteiger partial charge in [-0.15, -0.1) is 0 Å². The molecule has 92 valence electrons. The van der Waals surface area contributed by atoms with Gasteiger partial charge in [-0.1, -0.05) is 6.07 Å². The van der Waals surface area contributed by atoms with E-state index in [1.807, 2.05) is 24.3 Å². The molecule has 0 saturated heterocycles. The highest BCUT2D eigenvalue weighted by molar-refractivity contribution is 9.10. The number of rotatable bonds is 4. The normalized spacial score (nSPS) is 11.0. The van der Waals surface area contributed by atoms with Crippen molar-refractivity contribution in [1.29, 1.82) is 5.26 Å². The number of hydrogen-bond acceptors (Lipinski definition) is 3. The zero-order chi connectivity index (χ0) is 12.9. The molecular weight excluding hydrogens is 280 g/mol. The van der Waals surface area contributed by atoms with E-state index in [0.29, 0.717) is 5.75 Å². The first-order chi connectivity index (χ1) is 7.92. The fraction of sp³-hybridized carbons (Fsp3) is 0.462. The second-order valence-electron chi connectivity index (χ2n) is 4.82. The maximum Gasteiger partial charge on any atom is 0.174 e. The molecule has 0 fully saturated rings. The van der Waals surface area contributed by atoms with Gasteiger partial charge in [-0.3, -0.25) is 0 Å². The molecule has 0 amide bonds. The molecule has 0 aliphatic carbocycles. The predicted octanol–water partition coefficient (Wildman–Crippen LogP) is 3.24. The Balaban J connectivity index is 2.66. The molecule has 0 spiro atoms. The van der Waals surface area contributed by atoms with Gasteiger partial charge < -0.3 is 10.1 Å². The number of nitriles is 1. The lowest BCUT2D eigenvalue weighted by Crippen LogP contribution is -2.35. The standard InChI is InChI=1S/C13H17BrN2O/c1-13(2,3)16-9-10-4-5-12(11(14)8-10)17-7-6-15/h4-5,8,16H,7,9H2,1-3H3. The molecule has 17 heavy (non-hydrogen) atoms. The molecule has 1 rings (SSSR count). The third kappa shape index (κ3) is 5.20. The van der Waals surface area contributed by atoms with Crippen LogP contribution < -0.4 is 10.1 Å². The van der Waals surface area contributed by atoms with Crippen molar-refractivity contribution in [3.8, 4) is 11.8 Å². The third-order valence-electron chi connectivity index (χ3n) is 2.11. The number of benzene rings is 1. The summed E-state index contributed by atoms with van der Waals surface area (Å²) in [5, 5.41) is 11.9. The minimum atomic E-state index is 0.0676. The first kappa shape index (κ1) is 14.0. The monoisotopic (exact) mass is 296 g/mol. The molecule has 1 aromatic rings. The minimum Gasteiger partial charge on any atom is -0.478 e. The van der Waals surface area contributed by atoms with Gasteiger partial charge in [0, 0.05) is 12.1 Å². The van der Waals surface area contributed by atoms with E-state index in [2.05, 4.69) is 42.0 Å². The molecule has 0 aromatic heterocycles. The Kier molecular flexibility index (Phi) is 4.98.